The van der Waals surface area contributed by atoms with Gasteiger partial charge in [-0.15, -0.1) is 0 Å². The third kappa shape index (κ3) is 5.66. The topological polar surface area (TPSA) is 94.9 Å². The van der Waals surface area contributed by atoms with Gasteiger partial charge in [0.05, 0.1) is 29.9 Å². The maximum atomic E-state index is 12.0. The Morgan fingerprint density at radius 1 is 1.21 bits per heavy atom. The van der Waals surface area contributed by atoms with E-state index in [-0.39, 0.29) is 5.76 Å². The Kier molecular flexibility index (Phi) is 8.48. The summed E-state index contributed by atoms with van der Waals surface area (Å²) in [4.78, 5) is 16.8. The Bertz CT molecular complexity index is 1490. The molecule has 0 aliphatic carbocycles. The molecule has 3 heterocycles. The number of carbonyl (C=O) groups is 1. The van der Waals surface area contributed by atoms with E-state index < -0.39 is 12.1 Å². The fraction of sp³-hybridized carbons (Fsp3) is 0.357. The molecule has 38 heavy (non-hydrogen) atoms. The number of anilines is 1. The quantitative estimate of drug-likeness (QED) is 0.177. The first kappa shape index (κ1) is 26.9. The average molecular weight is 645 g/mol. The highest BCUT2D eigenvalue weighted by atomic mass is 127. The van der Waals surface area contributed by atoms with Crippen molar-refractivity contribution in [2.24, 2.45) is 0 Å². The molecular formula is C28H29IN4O4S. The number of hydrogen-bond acceptors (Lipinski definition) is 8. The number of aromatic nitrogens is 1. The van der Waals surface area contributed by atoms with Crippen LogP contribution in [0.1, 0.15) is 47.6 Å². The average Bonchev–Trinajstić information content (AvgIpc) is 3.54. The third-order valence-electron chi connectivity index (χ3n) is 7.03. The Morgan fingerprint density at radius 3 is 2.76 bits per heavy atom. The lowest BCUT2D eigenvalue weighted by atomic mass is 10.0. The van der Waals surface area contributed by atoms with Gasteiger partial charge in [0, 0.05) is 84.7 Å². The van der Waals surface area contributed by atoms with E-state index in [9.17, 15) is 15.2 Å². The number of rotatable bonds is 9. The fourth-order valence-corrected chi connectivity index (χ4v) is 6.41. The first-order valence-electron chi connectivity index (χ1n) is 12.7. The van der Waals surface area contributed by atoms with E-state index in [2.05, 4.69) is 43.1 Å². The number of aliphatic hydroxyl groups is 1. The summed E-state index contributed by atoms with van der Waals surface area (Å²) in [6.07, 6.45) is 2.97. The summed E-state index contributed by atoms with van der Waals surface area (Å²) < 4.78 is 12.7. The van der Waals surface area contributed by atoms with Gasteiger partial charge in [0.25, 0.3) is 0 Å². The molecule has 0 amide bonds. The molecule has 2 aromatic carbocycles. The number of ether oxygens (including phenoxy) is 1. The molecule has 2 aromatic heterocycles. The van der Waals surface area contributed by atoms with Crippen molar-refractivity contribution in [2.75, 3.05) is 44.2 Å². The number of aliphatic hydroxyl groups excluding tert-OH is 1. The summed E-state index contributed by atoms with van der Waals surface area (Å²) in [5.41, 5.74) is 4.29. The molecule has 4 aromatic rings. The largest absolute Gasteiger partial charge is 0.460 e. The van der Waals surface area contributed by atoms with Gasteiger partial charge in [0.15, 0.2) is 0 Å². The number of benzene rings is 2. The minimum Gasteiger partial charge on any atom is -0.460 e. The van der Waals surface area contributed by atoms with Gasteiger partial charge in [-0.2, -0.15) is 5.26 Å². The van der Waals surface area contributed by atoms with E-state index in [1.807, 2.05) is 40.5 Å². The van der Waals surface area contributed by atoms with E-state index in [0.717, 1.165) is 66.7 Å². The molecule has 0 saturated carbocycles. The van der Waals surface area contributed by atoms with Gasteiger partial charge in [-0.3, -0.25) is 8.87 Å². The summed E-state index contributed by atoms with van der Waals surface area (Å²) in [6, 6.07) is 15.6. The summed E-state index contributed by atoms with van der Waals surface area (Å²) in [5.74, 6) is -0.209. The molecule has 1 unspecified atom stereocenters. The van der Waals surface area contributed by atoms with Crippen LogP contribution in [0.3, 0.4) is 0 Å². The van der Waals surface area contributed by atoms with Gasteiger partial charge in [-0.25, -0.2) is 4.79 Å². The summed E-state index contributed by atoms with van der Waals surface area (Å²) >= 11 is 2.23. The second-order valence-corrected chi connectivity index (χ2v) is 11.1. The maximum absolute atomic E-state index is 12.0. The molecule has 1 fully saturated rings. The van der Waals surface area contributed by atoms with Gasteiger partial charge in [0.1, 0.15) is 5.58 Å². The zero-order valence-electron chi connectivity index (χ0n) is 21.1. The number of fused-ring (bicyclic) bond motifs is 2. The number of nitriles is 1. The number of hydrogen-bond donors (Lipinski definition) is 1. The van der Waals surface area contributed by atoms with E-state index in [0.29, 0.717) is 24.2 Å². The second-order valence-electron chi connectivity index (χ2n) is 9.36. The van der Waals surface area contributed by atoms with Crippen LogP contribution >= 0.6 is 30.3 Å². The predicted molar refractivity (Wildman–Crippen MR) is 159 cm³/mol. The SMILES string of the molecule is CCOC(=O)c1cc2cc(N3CCN(CCCC(O)c4cn(SI)c5ccc(C#N)cc45)CC3)ccc2o1. The number of piperazine rings is 1. The van der Waals surface area contributed by atoms with Crippen LogP contribution in [0.2, 0.25) is 0 Å². The fourth-order valence-electron chi connectivity index (χ4n) is 5.04. The van der Waals surface area contributed by atoms with Gasteiger partial charge in [-0.1, -0.05) is 0 Å². The number of nitrogens with zero attached hydrogens (tertiary/aromatic N) is 4. The lowest BCUT2D eigenvalue weighted by Crippen LogP contribution is -2.46. The standard InChI is InChI=1S/C28H29IN4O4S/c1-2-36-28(35)27-16-20-15-21(6-8-26(20)37-27)32-12-10-31(11-13-32)9-3-4-25(34)23-18-33(38-29)24-7-5-19(17-30)14-22(23)24/h5-8,14-16,18,25,34H,2-4,9-13H2,1H3. The van der Waals surface area contributed by atoms with E-state index >= 15 is 0 Å². The minimum atomic E-state index is -0.571. The Hall–Kier alpha value is -2.72. The van der Waals surface area contributed by atoms with Crippen molar-refractivity contribution in [3.63, 3.8) is 0 Å². The van der Waals surface area contributed by atoms with Crippen LogP contribution in [-0.4, -0.2) is 59.3 Å². The van der Waals surface area contributed by atoms with Crippen LogP contribution in [0, 0.1) is 11.3 Å². The number of furan rings is 1. The van der Waals surface area contributed by atoms with Crippen molar-refractivity contribution < 1.29 is 19.1 Å². The van der Waals surface area contributed by atoms with Gasteiger partial charge < -0.3 is 19.2 Å². The van der Waals surface area contributed by atoms with Crippen LogP contribution in [0.4, 0.5) is 5.69 Å². The Balaban J connectivity index is 1.15. The highest BCUT2D eigenvalue weighted by Crippen LogP contribution is 2.34. The lowest BCUT2D eigenvalue weighted by Gasteiger charge is -2.36. The van der Waals surface area contributed by atoms with Crippen LogP contribution in [0.25, 0.3) is 21.9 Å². The summed E-state index contributed by atoms with van der Waals surface area (Å²) in [5, 5.41) is 22.1. The van der Waals surface area contributed by atoms with Gasteiger partial charge in [-0.05, 0) is 68.8 Å². The Morgan fingerprint density at radius 2 is 2.03 bits per heavy atom. The van der Waals surface area contributed by atoms with E-state index in [4.69, 9.17) is 9.15 Å². The molecule has 0 bridgehead atoms. The molecule has 198 valence electrons. The molecule has 0 spiro atoms. The second kappa shape index (κ2) is 12.0. The van der Waals surface area contributed by atoms with Crippen LogP contribution in [0.5, 0.6) is 0 Å². The normalized spacial score (nSPS) is 15.2. The highest BCUT2D eigenvalue weighted by Gasteiger charge is 2.21. The maximum Gasteiger partial charge on any atom is 0.374 e. The monoisotopic (exact) mass is 644 g/mol. The minimum absolute atomic E-state index is 0.231. The van der Waals surface area contributed by atoms with Crippen LogP contribution in [-0.2, 0) is 4.74 Å². The molecule has 5 rings (SSSR count). The van der Waals surface area contributed by atoms with Crippen molar-refractivity contribution >= 4 is 63.9 Å². The molecule has 8 nitrogen and oxygen atoms in total. The summed E-state index contributed by atoms with van der Waals surface area (Å²) in [6.45, 7) is 6.74. The molecule has 1 atom stereocenters. The lowest BCUT2D eigenvalue weighted by molar-refractivity contribution is 0.0492. The smallest absolute Gasteiger partial charge is 0.374 e. The van der Waals surface area contributed by atoms with E-state index in [1.165, 1.54) is 0 Å². The zero-order chi connectivity index (χ0) is 26.6. The molecule has 0 radical (unpaired) electrons. The predicted octanol–water partition coefficient (Wildman–Crippen LogP) is 5.92. The highest BCUT2D eigenvalue weighted by molar-refractivity contribution is 14.2. The van der Waals surface area contributed by atoms with Crippen molar-refractivity contribution in [1.29, 1.82) is 5.26 Å². The van der Waals surface area contributed by atoms with Gasteiger partial charge in [0.2, 0.25) is 5.76 Å². The van der Waals surface area contributed by atoms with Crippen LogP contribution in [0.15, 0.2) is 53.1 Å². The van der Waals surface area contributed by atoms with Crippen LogP contribution < -0.4 is 4.90 Å². The number of halogens is 1. The molecule has 1 N–H and O–H groups in total. The summed E-state index contributed by atoms with van der Waals surface area (Å²) in [7, 11) is 1.55. The van der Waals surface area contributed by atoms with Crippen molar-refractivity contribution in [3.05, 3.63) is 65.5 Å². The third-order valence-corrected chi connectivity index (χ3v) is 8.75. The number of carbonyl (C=O) groups excluding carboxylic acids is 1. The first-order valence-corrected chi connectivity index (χ1v) is 16.0. The first-order chi connectivity index (χ1) is 18.5. The molecule has 1 aliphatic rings. The van der Waals surface area contributed by atoms with E-state index in [1.54, 1.807) is 22.1 Å². The van der Waals surface area contributed by atoms with Crippen molar-refractivity contribution in [1.82, 2.24) is 8.87 Å². The molecular weight excluding hydrogens is 615 g/mol. The van der Waals surface area contributed by atoms with Gasteiger partial charge >= 0.3 is 5.97 Å². The molecule has 1 aliphatic heterocycles. The zero-order valence-corrected chi connectivity index (χ0v) is 24.1. The number of esters is 1. The molecule has 1 saturated heterocycles. The molecule has 10 heteroatoms. The van der Waals surface area contributed by atoms with Crippen molar-refractivity contribution in [2.45, 2.75) is 25.9 Å². The Labute approximate surface area is 237 Å². The van der Waals surface area contributed by atoms with Crippen molar-refractivity contribution in [3.8, 4) is 6.07 Å².